The largest absolute Gasteiger partial charge is 0.207 e. The van der Waals surface area contributed by atoms with Crippen molar-refractivity contribution in [3.63, 3.8) is 0 Å². The fourth-order valence-corrected chi connectivity index (χ4v) is 6.08. The summed E-state index contributed by atoms with van der Waals surface area (Å²) in [5, 5.41) is 1.25. The molecule has 2 aliphatic carbocycles. The smallest absolute Gasteiger partial charge is 0.134 e. The van der Waals surface area contributed by atoms with E-state index in [1.165, 1.54) is 44.6 Å². The molecular formula is C27H34F2. The van der Waals surface area contributed by atoms with Gasteiger partial charge in [0.25, 0.3) is 0 Å². The first-order valence-corrected chi connectivity index (χ1v) is 11.6. The van der Waals surface area contributed by atoms with Crippen molar-refractivity contribution in [3.05, 3.63) is 59.7 Å². The van der Waals surface area contributed by atoms with E-state index >= 15 is 4.39 Å². The number of rotatable bonds is 6. The Hall–Kier alpha value is -1.70. The lowest BCUT2D eigenvalue weighted by Crippen LogP contribution is -2.30. The Balaban J connectivity index is 1.54. The molecule has 0 saturated heterocycles. The fraction of sp³-hybridized carbons (Fsp3) is 0.556. The topological polar surface area (TPSA) is 0 Å². The molecule has 2 aromatic carbocycles. The third kappa shape index (κ3) is 4.27. The molecule has 0 radical (unpaired) electrons. The van der Waals surface area contributed by atoms with Crippen molar-refractivity contribution in [3.8, 4) is 0 Å². The van der Waals surface area contributed by atoms with Crippen molar-refractivity contribution in [2.75, 3.05) is 0 Å². The lowest BCUT2D eigenvalue weighted by Gasteiger charge is -2.42. The molecule has 4 unspecified atom stereocenters. The molecule has 2 aromatic rings. The number of aryl methyl sites for hydroxylation is 1. The van der Waals surface area contributed by atoms with Crippen LogP contribution in [0.2, 0.25) is 0 Å². The highest BCUT2D eigenvalue weighted by Crippen LogP contribution is 2.49. The number of hydrogen-bond acceptors (Lipinski definition) is 0. The van der Waals surface area contributed by atoms with Crippen molar-refractivity contribution in [2.45, 2.75) is 77.0 Å². The maximum atomic E-state index is 15.4. The Morgan fingerprint density at radius 2 is 1.83 bits per heavy atom. The van der Waals surface area contributed by atoms with Crippen molar-refractivity contribution < 1.29 is 8.78 Å². The van der Waals surface area contributed by atoms with Gasteiger partial charge in [0.1, 0.15) is 11.6 Å². The molecule has 0 aliphatic heterocycles. The molecule has 156 valence electrons. The Morgan fingerprint density at radius 3 is 2.62 bits per heavy atom. The van der Waals surface area contributed by atoms with Gasteiger partial charge < -0.3 is 0 Å². The van der Waals surface area contributed by atoms with Crippen LogP contribution in [-0.2, 0) is 6.42 Å². The zero-order chi connectivity index (χ0) is 20.4. The van der Waals surface area contributed by atoms with Gasteiger partial charge in [-0.05, 0) is 97.3 Å². The first-order chi connectivity index (χ1) is 14.1. The zero-order valence-corrected chi connectivity index (χ0v) is 17.7. The number of benzene rings is 2. The lowest BCUT2D eigenvalue weighted by atomic mass is 9.63. The molecule has 2 heteroatoms. The van der Waals surface area contributed by atoms with Crippen LogP contribution in [-0.4, -0.2) is 0 Å². The van der Waals surface area contributed by atoms with Gasteiger partial charge in [-0.25, -0.2) is 8.78 Å². The highest BCUT2D eigenvalue weighted by molar-refractivity contribution is 5.85. The minimum absolute atomic E-state index is 0.195. The molecular weight excluding hydrogens is 362 g/mol. The molecule has 0 N–H and O–H groups in total. The van der Waals surface area contributed by atoms with Crippen LogP contribution in [0.25, 0.3) is 10.8 Å². The van der Waals surface area contributed by atoms with E-state index in [4.69, 9.17) is 0 Å². The minimum atomic E-state index is -0.298. The zero-order valence-electron chi connectivity index (χ0n) is 17.7. The third-order valence-corrected chi connectivity index (χ3v) is 7.63. The highest BCUT2D eigenvalue weighted by atomic mass is 19.1. The first kappa shape index (κ1) is 20.6. The molecule has 29 heavy (non-hydrogen) atoms. The summed E-state index contributed by atoms with van der Waals surface area (Å²) >= 11 is 0. The van der Waals surface area contributed by atoms with Gasteiger partial charge in [0.2, 0.25) is 0 Å². The predicted octanol–water partition coefficient (Wildman–Crippen LogP) is 8.34. The SMILES string of the molecule is C=CCCc1cc2ccc(C3CCC4CC(CCC)CCC4C3)c(F)c2cc1F. The minimum Gasteiger partial charge on any atom is -0.207 e. The molecule has 0 bridgehead atoms. The summed E-state index contributed by atoms with van der Waals surface area (Å²) in [6, 6.07) is 7.19. The second kappa shape index (κ2) is 8.98. The highest BCUT2D eigenvalue weighted by Gasteiger charge is 2.36. The van der Waals surface area contributed by atoms with E-state index in [0.29, 0.717) is 17.4 Å². The standard InChI is InChI=1S/C27H34F2/c1-3-5-7-23-16-22-12-13-24(27(29)25(22)17-26(23)28)21-11-10-19-14-18(6-4-2)8-9-20(19)15-21/h3,12-13,16-21H,1,4-11,14-15H2,2H3. The normalized spacial score (nSPS) is 27.0. The van der Waals surface area contributed by atoms with Gasteiger partial charge in [0.15, 0.2) is 0 Å². The van der Waals surface area contributed by atoms with Gasteiger partial charge in [-0.1, -0.05) is 44.4 Å². The quantitative estimate of drug-likeness (QED) is 0.430. The van der Waals surface area contributed by atoms with Gasteiger partial charge in [-0.3, -0.25) is 0 Å². The first-order valence-electron chi connectivity index (χ1n) is 11.6. The second-order valence-corrected chi connectivity index (χ2v) is 9.46. The summed E-state index contributed by atoms with van der Waals surface area (Å²) in [5.74, 6) is 2.29. The van der Waals surface area contributed by atoms with Crippen LogP contribution in [0.1, 0.15) is 81.8 Å². The molecule has 4 rings (SSSR count). The van der Waals surface area contributed by atoms with Crippen molar-refractivity contribution in [2.24, 2.45) is 17.8 Å². The van der Waals surface area contributed by atoms with Crippen LogP contribution >= 0.6 is 0 Å². The van der Waals surface area contributed by atoms with E-state index in [0.717, 1.165) is 48.0 Å². The molecule has 2 saturated carbocycles. The van der Waals surface area contributed by atoms with Crippen molar-refractivity contribution in [1.29, 1.82) is 0 Å². The van der Waals surface area contributed by atoms with E-state index in [1.807, 2.05) is 18.2 Å². The maximum Gasteiger partial charge on any atom is 0.134 e. The summed E-state index contributed by atoms with van der Waals surface area (Å²) in [7, 11) is 0. The van der Waals surface area contributed by atoms with Crippen LogP contribution in [0.5, 0.6) is 0 Å². The van der Waals surface area contributed by atoms with Crippen LogP contribution in [0, 0.1) is 29.4 Å². The van der Waals surface area contributed by atoms with Gasteiger partial charge in [-0.15, -0.1) is 6.58 Å². The third-order valence-electron chi connectivity index (χ3n) is 7.63. The molecule has 0 aromatic heterocycles. The number of hydrogen-bond donors (Lipinski definition) is 0. The van der Waals surface area contributed by atoms with E-state index in [9.17, 15) is 4.39 Å². The van der Waals surface area contributed by atoms with Crippen LogP contribution < -0.4 is 0 Å². The lowest BCUT2D eigenvalue weighted by molar-refractivity contribution is 0.113. The van der Waals surface area contributed by atoms with Gasteiger partial charge in [-0.2, -0.15) is 0 Å². The Kier molecular flexibility index (Phi) is 6.37. The summed E-state index contributed by atoms with van der Waals surface area (Å²) in [6.07, 6.45) is 13.2. The van der Waals surface area contributed by atoms with Crippen molar-refractivity contribution in [1.82, 2.24) is 0 Å². The van der Waals surface area contributed by atoms with E-state index in [1.54, 1.807) is 6.08 Å². The molecule has 0 nitrogen and oxygen atoms in total. The Labute approximate surface area is 174 Å². The van der Waals surface area contributed by atoms with E-state index in [2.05, 4.69) is 13.5 Å². The van der Waals surface area contributed by atoms with Crippen LogP contribution in [0.15, 0.2) is 36.9 Å². The summed E-state index contributed by atoms with van der Waals surface area (Å²) in [6.45, 7) is 5.99. The monoisotopic (exact) mass is 396 g/mol. The Morgan fingerprint density at radius 1 is 1.03 bits per heavy atom. The number of fused-ring (bicyclic) bond motifs is 2. The Bertz CT molecular complexity index is 868. The molecule has 0 spiro atoms. The van der Waals surface area contributed by atoms with E-state index in [-0.39, 0.29) is 17.6 Å². The van der Waals surface area contributed by atoms with Crippen LogP contribution in [0.4, 0.5) is 8.78 Å². The maximum absolute atomic E-state index is 15.4. The van der Waals surface area contributed by atoms with Gasteiger partial charge in [0, 0.05) is 5.39 Å². The molecule has 0 heterocycles. The van der Waals surface area contributed by atoms with Gasteiger partial charge in [0.05, 0.1) is 0 Å². The van der Waals surface area contributed by atoms with E-state index < -0.39 is 0 Å². The summed E-state index contributed by atoms with van der Waals surface area (Å²) < 4.78 is 29.9. The molecule has 2 fully saturated rings. The fourth-order valence-electron chi connectivity index (χ4n) is 6.08. The van der Waals surface area contributed by atoms with Crippen LogP contribution in [0.3, 0.4) is 0 Å². The average molecular weight is 397 g/mol. The number of halogens is 2. The second-order valence-electron chi connectivity index (χ2n) is 9.46. The summed E-state index contributed by atoms with van der Waals surface area (Å²) in [5.41, 5.74) is 1.46. The molecule has 4 atom stereocenters. The number of allylic oxidation sites excluding steroid dienone is 1. The summed E-state index contributed by atoms with van der Waals surface area (Å²) in [4.78, 5) is 0. The average Bonchev–Trinajstić information content (AvgIpc) is 2.73. The molecule has 2 aliphatic rings. The predicted molar refractivity (Wildman–Crippen MR) is 118 cm³/mol. The van der Waals surface area contributed by atoms with Crippen molar-refractivity contribution >= 4 is 10.8 Å². The molecule has 0 amide bonds. The van der Waals surface area contributed by atoms with Gasteiger partial charge >= 0.3 is 0 Å².